The first-order valence-electron chi connectivity index (χ1n) is 8.16. The van der Waals surface area contributed by atoms with Crippen LogP contribution in [0.5, 0.6) is 5.75 Å². The number of aromatic nitrogens is 1. The van der Waals surface area contributed by atoms with E-state index in [1.54, 1.807) is 6.92 Å². The Bertz CT molecular complexity index is 1210. The average molecular weight is 439 g/mol. The minimum absolute atomic E-state index is 0.0213. The van der Waals surface area contributed by atoms with E-state index in [0.29, 0.717) is 10.4 Å². The Morgan fingerprint density at radius 1 is 1.17 bits per heavy atom. The van der Waals surface area contributed by atoms with Crippen molar-refractivity contribution in [3.8, 4) is 17.0 Å². The van der Waals surface area contributed by atoms with Crippen LogP contribution < -0.4 is 4.74 Å². The molecule has 1 N–H and O–H groups in total. The number of pyridine rings is 1. The molecule has 0 aliphatic carbocycles. The molecule has 2 heterocycles. The third-order valence-electron chi connectivity index (χ3n) is 3.96. The molecule has 0 unspecified atom stereocenters. The number of thiophene rings is 1. The summed E-state index contributed by atoms with van der Waals surface area (Å²) in [6, 6.07) is 5.77. The lowest BCUT2D eigenvalue weighted by Crippen LogP contribution is -2.03. The lowest BCUT2D eigenvalue weighted by atomic mass is 10.1. The van der Waals surface area contributed by atoms with Crippen molar-refractivity contribution in [3.05, 3.63) is 63.5 Å². The van der Waals surface area contributed by atoms with Crippen molar-refractivity contribution < 1.29 is 31.8 Å². The molecule has 0 fully saturated rings. The summed E-state index contributed by atoms with van der Waals surface area (Å²) in [7, 11) is -3.62. The molecule has 29 heavy (non-hydrogen) atoms. The summed E-state index contributed by atoms with van der Waals surface area (Å²) in [5.74, 6) is -2.50. The third kappa shape index (κ3) is 4.77. The Kier molecular flexibility index (Phi) is 5.67. The molecule has 152 valence electrons. The maximum atomic E-state index is 13.8. The summed E-state index contributed by atoms with van der Waals surface area (Å²) >= 11 is 1.05. The molecule has 3 aromatic rings. The first-order chi connectivity index (χ1) is 13.5. The average Bonchev–Trinajstić information content (AvgIpc) is 3.01. The molecule has 6 nitrogen and oxygen atoms in total. The van der Waals surface area contributed by atoms with Crippen LogP contribution in [0.4, 0.5) is 8.78 Å². The smallest absolute Gasteiger partial charge is 0.345 e. The highest BCUT2D eigenvalue weighted by atomic mass is 32.2. The number of benzene rings is 1. The van der Waals surface area contributed by atoms with Crippen LogP contribution in [0, 0.1) is 18.6 Å². The molecule has 0 amide bonds. The van der Waals surface area contributed by atoms with Gasteiger partial charge in [-0.15, -0.1) is 11.3 Å². The molecule has 0 bridgehead atoms. The first-order valence-corrected chi connectivity index (χ1v) is 10.9. The van der Waals surface area contributed by atoms with E-state index in [0.717, 1.165) is 42.0 Å². The normalized spacial score (nSPS) is 11.4. The highest BCUT2D eigenvalue weighted by molar-refractivity contribution is 7.90. The predicted octanol–water partition coefficient (Wildman–Crippen LogP) is 4.08. The van der Waals surface area contributed by atoms with Crippen molar-refractivity contribution in [3.63, 3.8) is 0 Å². The van der Waals surface area contributed by atoms with Gasteiger partial charge in [0.1, 0.15) is 34.6 Å². The number of aromatic carboxylic acids is 1. The molecule has 0 radical (unpaired) electrons. The number of halogens is 2. The second kappa shape index (κ2) is 7.88. The molecule has 10 heteroatoms. The lowest BCUT2D eigenvalue weighted by molar-refractivity contribution is 0.0702. The van der Waals surface area contributed by atoms with Gasteiger partial charge in [0, 0.05) is 22.8 Å². The maximum Gasteiger partial charge on any atom is 0.345 e. The summed E-state index contributed by atoms with van der Waals surface area (Å²) in [5, 5.41) is 9.17. The Morgan fingerprint density at radius 2 is 1.90 bits per heavy atom. The Balaban J connectivity index is 1.96. The fraction of sp³-hybridized carbons (Fsp3) is 0.158. The van der Waals surface area contributed by atoms with E-state index in [-0.39, 0.29) is 33.4 Å². The molecule has 0 saturated heterocycles. The van der Waals surface area contributed by atoms with E-state index in [9.17, 15) is 22.0 Å². The summed E-state index contributed by atoms with van der Waals surface area (Å²) in [5.41, 5.74) is 0.930. The molecular weight excluding hydrogens is 424 g/mol. The van der Waals surface area contributed by atoms with Gasteiger partial charge in [0.05, 0.1) is 11.1 Å². The van der Waals surface area contributed by atoms with Crippen molar-refractivity contribution in [1.82, 2.24) is 4.98 Å². The molecule has 0 spiro atoms. The van der Waals surface area contributed by atoms with Crippen LogP contribution in [0.15, 0.2) is 41.4 Å². The van der Waals surface area contributed by atoms with Gasteiger partial charge < -0.3 is 9.84 Å². The zero-order valence-electron chi connectivity index (χ0n) is 15.3. The molecule has 1 aromatic carbocycles. The van der Waals surface area contributed by atoms with E-state index in [1.165, 1.54) is 12.1 Å². The first kappa shape index (κ1) is 20.9. The van der Waals surface area contributed by atoms with Crippen molar-refractivity contribution in [1.29, 1.82) is 0 Å². The molecule has 0 aliphatic rings. The van der Waals surface area contributed by atoms with Gasteiger partial charge in [0.25, 0.3) is 0 Å². The van der Waals surface area contributed by atoms with Crippen LogP contribution in [0.25, 0.3) is 11.3 Å². The SMILES string of the molecule is Cc1sc(C(=O)O)cc1-c1ncc(F)cc1OCc1cc(F)cc(S(C)(=O)=O)c1. The maximum absolute atomic E-state index is 13.8. The predicted molar refractivity (Wildman–Crippen MR) is 103 cm³/mol. The van der Waals surface area contributed by atoms with Crippen LogP contribution in [-0.4, -0.2) is 30.7 Å². The highest BCUT2D eigenvalue weighted by Crippen LogP contribution is 2.36. The number of ether oxygens (including phenoxy) is 1. The number of rotatable bonds is 6. The topological polar surface area (TPSA) is 93.6 Å². The van der Waals surface area contributed by atoms with E-state index < -0.39 is 27.4 Å². The molecule has 3 rings (SSSR count). The largest absolute Gasteiger partial charge is 0.487 e. The van der Waals surface area contributed by atoms with E-state index in [2.05, 4.69) is 4.98 Å². The highest BCUT2D eigenvalue weighted by Gasteiger charge is 2.18. The Morgan fingerprint density at radius 3 is 2.52 bits per heavy atom. The minimum atomic E-state index is -3.62. The fourth-order valence-corrected chi connectivity index (χ4v) is 4.19. The van der Waals surface area contributed by atoms with Crippen molar-refractivity contribution in [2.75, 3.05) is 6.26 Å². The van der Waals surface area contributed by atoms with Gasteiger partial charge in [0.2, 0.25) is 0 Å². The standard InChI is InChI=1S/C19H15F2NO5S2/c1-10-15(7-17(28-10)19(23)24)18-16(6-13(21)8-22-18)27-9-11-3-12(20)5-14(4-11)29(2,25)26/h3-8H,9H2,1-2H3,(H,23,24). The summed E-state index contributed by atoms with van der Waals surface area (Å²) < 4.78 is 56.5. The number of nitrogens with zero attached hydrogens (tertiary/aromatic N) is 1. The Hall–Kier alpha value is -2.85. The second-order valence-electron chi connectivity index (χ2n) is 6.24. The number of hydrogen-bond acceptors (Lipinski definition) is 6. The van der Waals surface area contributed by atoms with Crippen molar-refractivity contribution >= 4 is 27.1 Å². The monoisotopic (exact) mass is 439 g/mol. The quantitative estimate of drug-likeness (QED) is 0.622. The van der Waals surface area contributed by atoms with Gasteiger partial charge in [-0.1, -0.05) is 0 Å². The number of sulfone groups is 1. The lowest BCUT2D eigenvalue weighted by Gasteiger charge is -2.12. The van der Waals surface area contributed by atoms with Gasteiger partial charge in [-0.25, -0.2) is 27.0 Å². The Labute approximate surface area is 169 Å². The zero-order valence-corrected chi connectivity index (χ0v) is 16.9. The second-order valence-corrected chi connectivity index (χ2v) is 9.51. The zero-order chi connectivity index (χ0) is 21.3. The van der Waals surface area contributed by atoms with E-state index in [4.69, 9.17) is 9.84 Å². The van der Waals surface area contributed by atoms with Crippen molar-refractivity contribution in [2.24, 2.45) is 0 Å². The number of carbonyl (C=O) groups is 1. The van der Waals surface area contributed by atoms with Gasteiger partial charge in [0.15, 0.2) is 9.84 Å². The number of hydrogen-bond donors (Lipinski definition) is 1. The molecule has 0 saturated carbocycles. The van der Waals surface area contributed by atoms with Gasteiger partial charge in [-0.05, 0) is 36.8 Å². The van der Waals surface area contributed by atoms with Crippen LogP contribution in [0.2, 0.25) is 0 Å². The van der Waals surface area contributed by atoms with Crippen molar-refractivity contribution in [2.45, 2.75) is 18.4 Å². The van der Waals surface area contributed by atoms with Crippen LogP contribution in [0.3, 0.4) is 0 Å². The van der Waals surface area contributed by atoms with E-state index >= 15 is 0 Å². The summed E-state index contributed by atoms with van der Waals surface area (Å²) in [6.45, 7) is 1.46. The molecule has 0 aliphatic heterocycles. The van der Waals surface area contributed by atoms with Gasteiger partial charge in [-0.2, -0.15) is 0 Å². The summed E-state index contributed by atoms with van der Waals surface area (Å²) in [6.07, 6.45) is 1.93. The molecule has 2 aromatic heterocycles. The number of carboxylic acids is 1. The molecule has 0 atom stereocenters. The van der Waals surface area contributed by atoms with E-state index in [1.807, 2.05) is 0 Å². The fourth-order valence-electron chi connectivity index (χ4n) is 2.63. The third-order valence-corrected chi connectivity index (χ3v) is 6.09. The van der Waals surface area contributed by atoms with Crippen LogP contribution in [0.1, 0.15) is 20.1 Å². The van der Waals surface area contributed by atoms with Crippen LogP contribution >= 0.6 is 11.3 Å². The van der Waals surface area contributed by atoms with Gasteiger partial charge in [-0.3, -0.25) is 0 Å². The molecular formula is C19H15F2NO5S2. The number of aryl methyl sites for hydroxylation is 1. The van der Waals surface area contributed by atoms with Crippen LogP contribution in [-0.2, 0) is 16.4 Å². The number of carboxylic acid groups (broad SMARTS) is 1. The minimum Gasteiger partial charge on any atom is -0.487 e. The van der Waals surface area contributed by atoms with Gasteiger partial charge >= 0.3 is 5.97 Å². The summed E-state index contributed by atoms with van der Waals surface area (Å²) in [4.78, 5) is 15.8.